The third-order valence-electron chi connectivity index (χ3n) is 9.98. The molecule has 0 aromatic heterocycles. The Morgan fingerprint density at radius 2 is 0.882 bits per heavy atom. The Kier molecular flexibility index (Phi) is 6.81. The molecule has 0 radical (unpaired) electrons. The number of benzene rings is 9. The second kappa shape index (κ2) is 11.9. The second-order valence-corrected chi connectivity index (χ2v) is 12.9. The van der Waals surface area contributed by atoms with Crippen molar-refractivity contribution in [3.63, 3.8) is 0 Å². The number of hydrogen-bond donors (Lipinski definition) is 0. The van der Waals surface area contributed by atoms with Crippen LogP contribution in [0.15, 0.2) is 194 Å². The Balaban J connectivity index is 1.16. The molecule has 9 aromatic carbocycles. The molecule has 1 aliphatic heterocycles. The van der Waals surface area contributed by atoms with Crippen LogP contribution in [0.4, 0.5) is 34.1 Å². The lowest BCUT2D eigenvalue weighted by molar-refractivity contribution is 0.487. The monoisotopic (exact) mass is 652 g/mol. The van der Waals surface area contributed by atoms with Gasteiger partial charge in [0, 0.05) is 50.5 Å². The van der Waals surface area contributed by atoms with Crippen molar-refractivity contribution >= 4 is 66.4 Å². The van der Waals surface area contributed by atoms with Crippen molar-refractivity contribution < 1.29 is 4.74 Å². The second-order valence-electron chi connectivity index (χ2n) is 12.9. The van der Waals surface area contributed by atoms with Gasteiger partial charge in [0.05, 0.1) is 11.4 Å². The van der Waals surface area contributed by atoms with E-state index in [0.717, 1.165) is 62.0 Å². The summed E-state index contributed by atoms with van der Waals surface area (Å²) in [6.07, 6.45) is 0. The first-order valence-electron chi connectivity index (χ1n) is 17.4. The van der Waals surface area contributed by atoms with E-state index in [4.69, 9.17) is 4.74 Å². The molecule has 1 heterocycles. The first kappa shape index (κ1) is 29.1. The summed E-state index contributed by atoms with van der Waals surface area (Å²) in [5, 5.41) is 7.16. The summed E-state index contributed by atoms with van der Waals surface area (Å²) in [5.74, 6) is 1.70. The highest BCUT2D eigenvalue weighted by Crippen LogP contribution is 2.52. The average molecular weight is 653 g/mol. The lowest BCUT2D eigenvalue weighted by Crippen LogP contribution is -2.12. The van der Waals surface area contributed by atoms with Crippen LogP contribution in [0.5, 0.6) is 11.5 Å². The number of fused-ring (bicyclic) bond motifs is 5. The Morgan fingerprint density at radius 3 is 1.59 bits per heavy atom. The SMILES string of the molecule is c1ccc(N(c2ccccc2)c2ccc3c(c2)Oc2cccc4c(N(c5ccccc5)c5cc6ccccc6c6ccccc56)ccc-3c24)cc1. The summed E-state index contributed by atoms with van der Waals surface area (Å²) >= 11 is 0. The highest BCUT2D eigenvalue weighted by atomic mass is 16.5. The van der Waals surface area contributed by atoms with Gasteiger partial charge in [-0.3, -0.25) is 0 Å². The molecule has 0 N–H and O–H groups in total. The van der Waals surface area contributed by atoms with E-state index in [2.05, 4.69) is 204 Å². The summed E-state index contributed by atoms with van der Waals surface area (Å²) in [6.45, 7) is 0. The molecular weight excluding hydrogens is 621 g/mol. The zero-order valence-corrected chi connectivity index (χ0v) is 27.8. The minimum absolute atomic E-state index is 0.845. The fourth-order valence-corrected chi connectivity index (χ4v) is 7.74. The number of rotatable bonds is 6. The predicted molar refractivity (Wildman–Crippen MR) is 214 cm³/mol. The molecule has 0 fully saturated rings. The third kappa shape index (κ3) is 4.82. The Bertz CT molecular complexity index is 2690. The normalized spacial score (nSPS) is 11.7. The lowest BCUT2D eigenvalue weighted by Gasteiger charge is -2.31. The van der Waals surface area contributed by atoms with Gasteiger partial charge in [0.25, 0.3) is 0 Å². The molecule has 51 heavy (non-hydrogen) atoms. The summed E-state index contributed by atoms with van der Waals surface area (Å²) in [7, 11) is 0. The smallest absolute Gasteiger partial charge is 0.137 e. The number of anilines is 6. The van der Waals surface area contributed by atoms with E-state index >= 15 is 0 Å². The Hall–Kier alpha value is -6.84. The number of ether oxygens (including phenoxy) is 1. The van der Waals surface area contributed by atoms with Crippen molar-refractivity contribution in [3.8, 4) is 22.6 Å². The molecule has 0 atom stereocenters. The molecule has 0 bridgehead atoms. The fourth-order valence-electron chi connectivity index (χ4n) is 7.74. The molecule has 0 amide bonds. The van der Waals surface area contributed by atoms with E-state index < -0.39 is 0 Å². The van der Waals surface area contributed by atoms with Crippen molar-refractivity contribution in [2.24, 2.45) is 0 Å². The molecule has 0 saturated carbocycles. The van der Waals surface area contributed by atoms with Gasteiger partial charge < -0.3 is 14.5 Å². The Labute approximate surface area is 296 Å². The molecule has 10 rings (SSSR count). The van der Waals surface area contributed by atoms with Crippen LogP contribution >= 0.6 is 0 Å². The maximum Gasteiger partial charge on any atom is 0.137 e. The van der Waals surface area contributed by atoms with Crippen molar-refractivity contribution in [1.29, 1.82) is 0 Å². The van der Waals surface area contributed by atoms with Crippen LogP contribution in [0, 0.1) is 0 Å². The largest absolute Gasteiger partial charge is 0.456 e. The Morgan fingerprint density at radius 1 is 0.314 bits per heavy atom. The predicted octanol–water partition coefficient (Wildman–Crippen LogP) is 13.9. The average Bonchev–Trinajstić information content (AvgIpc) is 3.20. The van der Waals surface area contributed by atoms with E-state index in [9.17, 15) is 0 Å². The van der Waals surface area contributed by atoms with Gasteiger partial charge in [-0.2, -0.15) is 0 Å². The number of nitrogens with zero attached hydrogens (tertiary/aromatic N) is 2. The summed E-state index contributed by atoms with van der Waals surface area (Å²) in [4.78, 5) is 4.68. The van der Waals surface area contributed by atoms with E-state index in [1.165, 1.54) is 27.1 Å². The first-order valence-corrected chi connectivity index (χ1v) is 17.4. The summed E-state index contributed by atoms with van der Waals surface area (Å²) < 4.78 is 6.84. The number of hydrogen-bond acceptors (Lipinski definition) is 3. The minimum atomic E-state index is 0.845. The first-order chi connectivity index (χ1) is 25.3. The van der Waals surface area contributed by atoms with Crippen molar-refractivity contribution in [2.75, 3.05) is 9.80 Å². The molecular formula is C48H32N2O. The van der Waals surface area contributed by atoms with E-state index in [1.807, 2.05) is 0 Å². The van der Waals surface area contributed by atoms with Gasteiger partial charge in [0.1, 0.15) is 11.5 Å². The van der Waals surface area contributed by atoms with Crippen molar-refractivity contribution in [3.05, 3.63) is 194 Å². The molecule has 240 valence electrons. The van der Waals surface area contributed by atoms with Gasteiger partial charge in [-0.05, 0) is 88.5 Å². The van der Waals surface area contributed by atoms with Gasteiger partial charge in [0.2, 0.25) is 0 Å². The zero-order chi connectivity index (χ0) is 33.7. The van der Waals surface area contributed by atoms with Gasteiger partial charge in [-0.15, -0.1) is 0 Å². The van der Waals surface area contributed by atoms with Crippen LogP contribution in [0.2, 0.25) is 0 Å². The highest BCUT2D eigenvalue weighted by molar-refractivity contribution is 6.17. The van der Waals surface area contributed by atoms with E-state index in [-0.39, 0.29) is 0 Å². The summed E-state index contributed by atoms with van der Waals surface area (Å²) in [5.41, 5.74) is 8.81. The van der Waals surface area contributed by atoms with Crippen LogP contribution in [0.3, 0.4) is 0 Å². The van der Waals surface area contributed by atoms with Crippen LogP contribution in [-0.2, 0) is 0 Å². The van der Waals surface area contributed by atoms with E-state index in [1.54, 1.807) is 0 Å². The molecule has 0 aliphatic carbocycles. The zero-order valence-electron chi connectivity index (χ0n) is 27.8. The van der Waals surface area contributed by atoms with Gasteiger partial charge >= 0.3 is 0 Å². The quantitative estimate of drug-likeness (QED) is 0.166. The highest BCUT2D eigenvalue weighted by Gasteiger charge is 2.26. The van der Waals surface area contributed by atoms with Crippen LogP contribution < -0.4 is 14.5 Å². The maximum absolute atomic E-state index is 6.84. The summed E-state index contributed by atoms with van der Waals surface area (Å²) in [6, 6.07) is 69.0. The molecule has 1 aliphatic rings. The fraction of sp³-hybridized carbons (Fsp3) is 0. The maximum atomic E-state index is 6.84. The van der Waals surface area contributed by atoms with Crippen molar-refractivity contribution in [2.45, 2.75) is 0 Å². The van der Waals surface area contributed by atoms with Gasteiger partial charge in [0.15, 0.2) is 0 Å². The molecule has 0 unspecified atom stereocenters. The molecule has 3 nitrogen and oxygen atoms in total. The third-order valence-corrected chi connectivity index (χ3v) is 9.98. The van der Waals surface area contributed by atoms with Gasteiger partial charge in [-0.25, -0.2) is 0 Å². The minimum Gasteiger partial charge on any atom is -0.456 e. The topological polar surface area (TPSA) is 15.7 Å². The van der Waals surface area contributed by atoms with Crippen LogP contribution in [0.25, 0.3) is 43.4 Å². The lowest BCUT2D eigenvalue weighted by atomic mass is 9.92. The molecule has 0 saturated heterocycles. The van der Waals surface area contributed by atoms with Crippen LogP contribution in [-0.4, -0.2) is 0 Å². The number of para-hydroxylation sites is 3. The van der Waals surface area contributed by atoms with Crippen LogP contribution in [0.1, 0.15) is 0 Å². The standard InChI is InChI=1S/C48H32N2O/c1-4-16-34(17-5-1)49(35-18-6-2-7-19-35)37-27-28-41-42-29-30-44(43-25-14-26-46(48(42)43)51-47(41)32-37)50(36-20-8-3-9-21-36)45-31-33-15-10-11-22-38(33)39-23-12-13-24-40(39)45/h1-32H. The molecule has 0 spiro atoms. The molecule has 9 aromatic rings. The van der Waals surface area contributed by atoms with Crippen molar-refractivity contribution in [1.82, 2.24) is 0 Å². The molecule has 3 heteroatoms. The van der Waals surface area contributed by atoms with Gasteiger partial charge in [-0.1, -0.05) is 121 Å². The van der Waals surface area contributed by atoms with E-state index in [0.29, 0.717) is 0 Å².